The summed E-state index contributed by atoms with van der Waals surface area (Å²) in [6.07, 6.45) is 1.17. The summed E-state index contributed by atoms with van der Waals surface area (Å²) in [7, 11) is 0. The molecule has 0 radical (unpaired) electrons. The topological polar surface area (TPSA) is 52.6 Å². The van der Waals surface area contributed by atoms with Gasteiger partial charge in [-0.05, 0) is 42.7 Å². The molecule has 0 saturated carbocycles. The van der Waals surface area contributed by atoms with Crippen molar-refractivity contribution in [3.8, 4) is 0 Å². The molecule has 4 nitrogen and oxygen atoms in total. The van der Waals surface area contributed by atoms with Crippen LogP contribution in [0.1, 0.15) is 23.3 Å². The molecule has 0 spiro atoms. The Morgan fingerprint density at radius 2 is 2.04 bits per heavy atom. The van der Waals surface area contributed by atoms with Crippen LogP contribution in [0.4, 0.5) is 4.39 Å². The number of rotatable bonds is 6. The lowest BCUT2D eigenvalue weighted by molar-refractivity contribution is -0.157. The van der Waals surface area contributed by atoms with Crippen molar-refractivity contribution >= 4 is 28.8 Å². The number of carbonyl (C=O) groups is 1. The highest BCUT2D eigenvalue weighted by molar-refractivity contribution is 7.16. The zero-order valence-corrected chi connectivity index (χ0v) is 15.2. The van der Waals surface area contributed by atoms with Gasteiger partial charge in [0.2, 0.25) is 0 Å². The van der Waals surface area contributed by atoms with Gasteiger partial charge in [-0.2, -0.15) is 0 Å². The van der Waals surface area contributed by atoms with Gasteiger partial charge in [0.15, 0.2) is 5.60 Å². The molecule has 1 amide bonds. The van der Waals surface area contributed by atoms with Gasteiger partial charge in [0.25, 0.3) is 5.91 Å². The van der Waals surface area contributed by atoms with Gasteiger partial charge in [-0.1, -0.05) is 23.7 Å². The molecule has 1 aliphatic heterocycles. The first-order chi connectivity index (χ1) is 12.0. The van der Waals surface area contributed by atoms with Crippen molar-refractivity contribution in [2.75, 3.05) is 13.1 Å². The molecule has 3 rings (SSSR count). The zero-order valence-electron chi connectivity index (χ0n) is 13.7. The third kappa shape index (κ3) is 4.58. The fourth-order valence-electron chi connectivity index (χ4n) is 3.03. The maximum atomic E-state index is 13.0. The predicted octanol–water partition coefficient (Wildman–Crippen LogP) is 3.18. The number of hydrogen-bond acceptors (Lipinski definition) is 4. The summed E-state index contributed by atoms with van der Waals surface area (Å²) in [6, 6.07) is 9.83. The SMILES string of the molecule is O=C1N(Cc2ccc(F)cc2)CCCC1(O)CNCc1ccc(Cl)s1. The molecule has 2 heterocycles. The highest BCUT2D eigenvalue weighted by atomic mass is 35.5. The summed E-state index contributed by atoms with van der Waals surface area (Å²) in [5.74, 6) is -0.581. The van der Waals surface area contributed by atoms with Crippen LogP contribution >= 0.6 is 22.9 Å². The maximum absolute atomic E-state index is 13.0. The molecule has 0 aliphatic carbocycles. The van der Waals surface area contributed by atoms with Crippen molar-refractivity contribution in [1.82, 2.24) is 10.2 Å². The van der Waals surface area contributed by atoms with Crippen molar-refractivity contribution in [2.45, 2.75) is 31.5 Å². The minimum atomic E-state index is -1.40. The van der Waals surface area contributed by atoms with Gasteiger partial charge < -0.3 is 15.3 Å². The van der Waals surface area contributed by atoms with Crippen LogP contribution < -0.4 is 5.32 Å². The van der Waals surface area contributed by atoms with Gasteiger partial charge >= 0.3 is 0 Å². The first-order valence-electron chi connectivity index (χ1n) is 8.17. The summed E-state index contributed by atoms with van der Waals surface area (Å²) in [4.78, 5) is 15.4. The fourth-order valence-corrected chi connectivity index (χ4v) is 4.09. The number of thiophene rings is 1. The lowest BCUT2D eigenvalue weighted by atomic mass is 9.91. The molecule has 25 heavy (non-hydrogen) atoms. The Labute approximate surface area is 155 Å². The summed E-state index contributed by atoms with van der Waals surface area (Å²) in [5, 5.41) is 13.9. The van der Waals surface area contributed by atoms with E-state index in [-0.39, 0.29) is 18.3 Å². The number of hydrogen-bond donors (Lipinski definition) is 2. The van der Waals surface area contributed by atoms with E-state index in [0.717, 1.165) is 21.2 Å². The van der Waals surface area contributed by atoms with Crippen LogP contribution in [0.2, 0.25) is 4.34 Å². The Morgan fingerprint density at radius 1 is 1.28 bits per heavy atom. The van der Waals surface area contributed by atoms with Gasteiger partial charge in [-0.25, -0.2) is 4.39 Å². The van der Waals surface area contributed by atoms with Gasteiger partial charge in [0, 0.05) is 31.1 Å². The van der Waals surface area contributed by atoms with E-state index in [2.05, 4.69) is 5.32 Å². The average molecular weight is 383 g/mol. The van der Waals surface area contributed by atoms with Gasteiger partial charge in [0.1, 0.15) is 5.82 Å². The molecule has 1 atom stereocenters. The van der Waals surface area contributed by atoms with E-state index in [1.807, 2.05) is 12.1 Å². The first-order valence-corrected chi connectivity index (χ1v) is 9.37. The van der Waals surface area contributed by atoms with Crippen molar-refractivity contribution < 1.29 is 14.3 Å². The van der Waals surface area contributed by atoms with Crippen LogP contribution in [0.5, 0.6) is 0 Å². The molecule has 2 N–H and O–H groups in total. The average Bonchev–Trinajstić information content (AvgIpc) is 2.99. The lowest BCUT2D eigenvalue weighted by Gasteiger charge is -2.38. The third-order valence-electron chi connectivity index (χ3n) is 4.34. The van der Waals surface area contributed by atoms with E-state index in [1.165, 1.54) is 23.5 Å². The predicted molar refractivity (Wildman–Crippen MR) is 97.0 cm³/mol. The van der Waals surface area contributed by atoms with Crippen LogP contribution in [-0.2, 0) is 17.9 Å². The summed E-state index contributed by atoms with van der Waals surface area (Å²) in [5.41, 5.74) is -0.556. The van der Waals surface area contributed by atoms with Crippen LogP contribution in [0.3, 0.4) is 0 Å². The third-order valence-corrected chi connectivity index (χ3v) is 5.57. The van der Waals surface area contributed by atoms with Crippen LogP contribution in [0.15, 0.2) is 36.4 Å². The molecule has 2 aromatic rings. The Balaban J connectivity index is 1.58. The number of benzene rings is 1. The molecule has 7 heteroatoms. The van der Waals surface area contributed by atoms with E-state index < -0.39 is 5.60 Å². The van der Waals surface area contributed by atoms with Gasteiger partial charge in [-0.3, -0.25) is 4.79 Å². The fraction of sp³-hybridized carbons (Fsp3) is 0.389. The molecular weight excluding hydrogens is 363 g/mol. The molecule has 134 valence electrons. The van der Waals surface area contributed by atoms with E-state index in [9.17, 15) is 14.3 Å². The maximum Gasteiger partial charge on any atom is 0.256 e. The van der Waals surface area contributed by atoms with E-state index >= 15 is 0 Å². The lowest BCUT2D eigenvalue weighted by Crippen LogP contribution is -2.57. The van der Waals surface area contributed by atoms with E-state index in [1.54, 1.807) is 17.0 Å². The molecular formula is C18H20ClFN2O2S. The molecule has 0 bridgehead atoms. The molecule has 1 unspecified atom stereocenters. The number of halogens is 2. The van der Waals surface area contributed by atoms with Crippen molar-refractivity contribution in [3.05, 3.63) is 57.0 Å². The molecule has 1 fully saturated rings. The van der Waals surface area contributed by atoms with Crippen molar-refractivity contribution in [2.24, 2.45) is 0 Å². The Kier molecular flexibility index (Phi) is 5.74. The molecule has 1 aromatic heterocycles. The van der Waals surface area contributed by atoms with Crippen LogP contribution in [0.25, 0.3) is 0 Å². The second kappa shape index (κ2) is 7.83. The van der Waals surface area contributed by atoms with Crippen molar-refractivity contribution in [1.29, 1.82) is 0 Å². The molecule has 1 aromatic carbocycles. The second-order valence-corrected chi connectivity index (χ2v) is 8.10. The summed E-state index contributed by atoms with van der Waals surface area (Å²) in [6.45, 7) is 1.73. The number of piperidine rings is 1. The monoisotopic (exact) mass is 382 g/mol. The first kappa shape index (κ1) is 18.3. The number of nitrogens with one attached hydrogen (secondary N) is 1. The largest absolute Gasteiger partial charge is 0.379 e. The van der Waals surface area contributed by atoms with Crippen LogP contribution in [-0.4, -0.2) is 34.6 Å². The number of aliphatic hydroxyl groups is 1. The zero-order chi connectivity index (χ0) is 17.9. The molecule has 1 aliphatic rings. The summed E-state index contributed by atoms with van der Waals surface area (Å²) >= 11 is 7.37. The Hall–Kier alpha value is -1.47. The van der Waals surface area contributed by atoms with Gasteiger partial charge in [-0.15, -0.1) is 11.3 Å². The Bertz CT molecular complexity index is 737. The van der Waals surface area contributed by atoms with E-state index in [0.29, 0.717) is 26.1 Å². The number of nitrogens with zero attached hydrogens (tertiary/aromatic N) is 1. The number of amides is 1. The van der Waals surface area contributed by atoms with Gasteiger partial charge in [0.05, 0.1) is 4.34 Å². The van der Waals surface area contributed by atoms with Crippen LogP contribution in [0, 0.1) is 5.82 Å². The minimum Gasteiger partial charge on any atom is -0.379 e. The normalized spacial score (nSPS) is 20.9. The minimum absolute atomic E-state index is 0.196. The quantitative estimate of drug-likeness (QED) is 0.806. The molecule has 1 saturated heterocycles. The summed E-state index contributed by atoms with van der Waals surface area (Å²) < 4.78 is 13.7. The second-order valence-electron chi connectivity index (χ2n) is 6.30. The smallest absolute Gasteiger partial charge is 0.256 e. The number of carbonyl (C=O) groups excluding carboxylic acids is 1. The highest BCUT2D eigenvalue weighted by Crippen LogP contribution is 2.25. The standard InChI is InChI=1S/C18H20ClFN2O2S/c19-16-7-6-15(25-16)10-21-12-18(24)8-1-9-22(17(18)23)11-13-2-4-14(20)5-3-13/h2-7,21,24H,1,8-12H2. The van der Waals surface area contributed by atoms with E-state index in [4.69, 9.17) is 11.6 Å². The highest BCUT2D eigenvalue weighted by Gasteiger charge is 2.41. The Morgan fingerprint density at radius 3 is 2.72 bits per heavy atom. The number of likely N-dealkylation sites (tertiary alicyclic amines) is 1. The van der Waals surface area contributed by atoms with Crippen molar-refractivity contribution in [3.63, 3.8) is 0 Å².